The van der Waals surface area contributed by atoms with Gasteiger partial charge in [-0.2, -0.15) is 5.10 Å². The molecule has 1 atom stereocenters. The SMILES string of the molecule is CC(=O)N(Cc1ccc2ccc(N)nc2c1)c1cn(C)nc1[C@@H](C)O. The van der Waals surface area contributed by atoms with E-state index < -0.39 is 6.10 Å². The lowest BCUT2D eigenvalue weighted by atomic mass is 10.1. The Morgan fingerprint density at radius 1 is 1.36 bits per heavy atom. The van der Waals surface area contributed by atoms with E-state index in [0.717, 1.165) is 16.5 Å². The van der Waals surface area contributed by atoms with Crippen molar-refractivity contribution in [1.29, 1.82) is 0 Å². The first-order chi connectivity index (χ1) is 11.8. The fourth-order valence-electron chi connectivity index (χ4n) is 2.82. The third-order valence-electron chi connectivity index (χ3n) is 4.02. The Balaban J connectivity index is 1.99. The summed E-state index contributed by atoms with van der Waals surface area (Å²) in [5.41, 5.74) is 8.53. The Hall–Kier alpha value is -2.93. The number of carbonyl (C=O) groups is 1. The summed E-state index contributed by atoms with van der Waals surface area (Å²) in [6.07, 6.45) is 0.969. The quantitative estimate of drug-likeness (QED) is 0.759. The molecule has 7 heteroatoms. The minimum Gasteiger partial charge on any atom is -0.387 e. The molecule has 2 heterocycles. The number of pyridine rings is 1. The lowest BCUT2D eigenvalue weighted by Crippen LogP contribution is -2.28. The van der Waals surface area contributed by atoms with Crippen molar-refractivity contribution < 1.29 is 9.90 Å². The maximum absolute atomic E-state index is 12.2. The molecule has 3 aromatic rings. The van der Waals surface area contributed by atoms with Crippen molar-refractivity contribution >= 4 is 28.3 Å². The van der Waals surface area contributed by atoms with Crippen molar-refractivity contribution in [3.05, 3.63) is 47.8 Å². The molecule has 0 radical (unpaired) electrons. The van der Waals surface area contributed by atoms with Crippen LogP contribution < -0.4 is 10.6 Å². The third-order valence-corrected chi connectivity index (χ3v) is 4.02. The van der Waals surface area contributed by atoms with E-state index in [1.807, 2.05) is 24.3 Å². The summed E-state index contributed by atoms with van der Waals surface area (Å²) in [4.78, 5) is 18.2. The van der Waals surface area contributed by atoms with Crippen LogP contribution in [0.3, 0.4) is 0 Å². The largest absolute Gasteiger partial charge is 0.387 e. The van der Waals surface area contributed by atoms with Gasteiger partial charge in [-0.25, -0.2) is 4.98 Å². The highest BCUT2D eigenvalue weighted by Gasteiger charge is 2.21. The second-order valence-corrected chi connectivity index (χ2v) is 6.12. The fraction of sp³-hybridized carbons (Fsp3) is 0.278. The van der Waals surface area contributed by atoms with E-state index >= 15 is 0 Å². The van der Waals surface area contributed by atoms with Gasteiger partial charge < -0.3 is 15.7 Å². The molecule has 0 unspecified atom stereocenters. The Morgan fingerprint density at radius 2 is 2.08 bits per heavy atom. The van der Waals surface area contributed by atoms with Crippen LogP contribution in [0.4, 0.5) is 11.5 Å². The van der Waals surface area contributed by atoms with Crippen molar-refractivity contribution in [3.63, 3.8) is 0 Å². The number of nitrogens with zero attached hydrogens (tertiary/aromatic N) is 4. The van der Waals surface area contributed by atoms with Gasteiger partial charge in [-0.15, -0.1) is 0 Å². The van der Waals surface area contributed by atoms with Gasteiger partial charge in [0.05, 0.1) is 23.9 Å². The number of hydrogen-bond donors (Lipinski definition) is 2. The van der Waals surface area contributed by atoms with Crippen molar-refractivity contribution in [1.82, 2.24) is 14.8 Å². The third kappa shape index (κ3) is 3.46. The number of carbonyl (C=O) groups excluding carboxylic acids is 1. The molecule has 3 rings (SSSR count). The maximum atomic E-state index is 12.2. The number of aliphatic hydroxyl groups is 1. The van der Waals surface area contributed by atoms with E-state index in [1.54, 1.807) is 35.8 Å². The minimum absolute atomic E-state index is 0.129. The molecule has 1 amide bonds. The van der Waals surface area contributed by atoms with Crippen molar-refractivity contribution in [2.45, 2.75) is 26.5 Å². The first-order valence-corrected chi connectivity index (χ1v) is 8.00. The molecule has 0 fully saturated rings. The number of rotatable bonds is 4. The Kier molecular flexibility index (Phi) is 4.41. The molecule has 0 aliphatic heterocycles. The van der Waals surface area contributed by atoms with Gasteiger partial charge in [-0.05, 0) is 30.7 Å². The Labute approximate surface area is 145 Å². The standard InChI is InChI=1S/C18H21N5O2/c1-11(24)18-16(10-22(3)21-18)23(12(2)25)9-13-4-5-14-6-7-17(19)20-15(14)8-13/h4-8,10-11,24H,9H2,1-3H3,(H2,19,20)/t11-/m1/s1. The number of benzene rings is 1. The second kappa shape index (κ2) is 6.52. The van der Waals surface area contributed by atoms with E-state index in [2.05, 4.69) is 10.1 Å². The van der Waals surface area contributed by atoms with Gasteiger partial charge in [-0.3, -0.25) is 9.48 Å². The summed E-state index contributed by atoms with van der Waals surface area (Å²) in [6.45, 7) is 3.48. The molecule has 0 bridgehead atoms. The molecule has 0 aliphatic carbocycles. The summed E-state index contributed by atoms with van der Waals surface area (Å²) in [7, 11) is 1.76. The van der Waals surface area contributed by atoms with Crippen LogP contribution in [0.1, 0.15) is 31.2 Å². The summed E-state index contributed by atoms with van der Waals surface area (Å²) >= 11 is 0. The molecule has 7 nitrogen and oxygen atoms in total. The van der Waals surface area contributed by atoms with E-state index in [1.165, 1.54) is 6.92 Å². The summed E-state index contributed by atoms with van der Waals surface area (Å²) in [5, 5.41) is 15.2. The molecule has 0 spiro atoms. The Bertz CT molecular complexity index is 932. The number of hydrogen-bond acceptors (Lipinski definition) is 5. The molecule has 0 aliphatic rings. The molecule has 0 saturated heterocycles. The smallest absolute Gasteiger partial charge is 0.224 e. The average molecular weight is 339 g/mol. The number of aryl methyl sites for hydroxylation is 1. The average Bonchev–Trinajstić information content (AvgIpc) is 2.93. The normalized spacial score (nSPS) is 12.3. The number of nitrogens with two attached hydrogens (primary N) is 1. The highest BCUT2D eigenvalue weighted by atomic mass is 16.3. The van der Waals surface area contributed by atoms with E-state index in [4.69, 9.17) is 5.73 Å². The summed E-state index contributed by atoms with van der Waals surface area (Å²) in [5.74, 6) is 0.326. The monoisotopic (exact) mass is 339 g/mol. The predicted octanol–water partition coefficient (Wildman–Crippen LogP) is 2.16. The van der Waals surface area contributed by atoms with Gasteiger partial charge in [0, 0.05) is 25.6 Å². The maximum Gasteiger partial charge on any atom is 0.224 e. The number of anilines is 2. The number of aromatic nitrogens is 3. The van der Waals surface area contributed by atoms with Gasteiger partial charge in [-0.1, -0.05) is 12.1 Å². The van der Waals surface area contributed by atoms with Crippen LogP contribution in [0, 0.1) is 0 Å². The van der Waals surface area contributed by atoms with Gasteiger partial charge in [0.15, 0.2) is 0 Å². The number of amides is 1. The second-order valence-electron chi connectivity index (χ2n) is 6.12. The van der Waals surface area contributed by atoms with Crippen LogP contribution in [0.5, 0.6) is 0 Å². The van der Waals surface area contributed by atoms with Crippen LogP contribution >= 0.6 is 0 Å². The van der Waals surface area contributed by atoms with E-state index in [0.29, 0.717) is 23.7 Å². The summed E-state index contributed by atoms with van der Waals surface area (Å²) < 4.78 is 1.59. The number of fused-ring (bicyclic) bond motifs is 1. The minimum atomic E-state index is -0.767. The fourth-order valence-corrected chi connectivity index (χ4v) is 2.82. The molecular formula is C18H21N5O2. The Morgan fingerprint density at radius 3 is 2.76 bits per heavy atom. The van der Waals surface area contributed by atoms with Crippen molar-refractivity contribution in [2.24, 2.45) is 7.05 Å². The van der Waals surface area contributed by atoms with Crippen LogP contribution in [-0.4, -0.2) is 25.8 Å². The van der Waals surface area contributed by atoms with Gasteiger partial charge >= 0.3 is 0 Å². The van der Waals surface area contributed by atoms with Crippen molar-refractivity contribution in [3.8, 4) is 0 Å². The highest BCUT2D eigenvalue weighted by molar-refractivity contribution is 5.92. The van der Waals surface area contributed by atoms with Crippen LogP contribution in [0.25, 0.3) is 10.9 Å². The highest BCUT2D eigenvalue weighted by Crippen LogP contribution is 2.27. The zero-order chi connectivity index (χ0) is 18.1. The molecule has 0 saturated carbocycles. The van der Waals surface area contributed by atoms with Crippen LogP contribution in [0.15, 0.2) is 36.5 Å². The lowest BCUT2D eigenvalue weighted by Gasteiger charge is -2.21. The van der Waals surface area contributed by atoms with Gasteiger partial charge in [0.1, 0.15) is 11.5 Å². The van der Waals surface area contributed by atoms with Crippen molar-refractivity contribution in [2.75, 3.05) is 10.6 Å². The molecule has 1 aromatic carbocycles. The molecule has 130 valence electrons. The molecule has 2 aromatic heterocycles. The number of nitrogen functional groups attached to an aromatic ring is 1. The van der Waals surface area contributed by atoms with Crippen LogP contribution in [-0.2, 0) is 18.4 Å². The van der Waals surface area contributed by atoms with Crippen LogP contribution in [0.2, 0.25) is 0 Å². The van der Waals surface area contributed by atoms with E-state index in [9.17, 15) is 9.90 Å². The first kappa shape index (κ1) is 16.9. The van der Waals surface area contributed by atoms with E-state index in [-0.39, 0.29) is 5.91 Å². The molecular weight excluding hydrogens is 318 g/mol. The zero-order valence-electron chi connectivity index (χ0n) is 14.5. The number of aliphatic hydroxyl groups excluding tert-OH is 1. The predicted molar refractivity (Wildman–Crippen MR) is 96.9 cm³/mol. The summed E-state index contributed by atoms with van der Waals surface area (Å²) in [6, 6.07) is 9.49. The van der Waals surface area contributed by atoms with Gasteiger partial charge in [0.25, 0.3) is 0 Å². The molecule has 25 heavy (non-hydrogen) atoms. The first-order valence-electron chi connectivity index (χ1n) is 8.00. The lowest BCUT2D eigenvalue weighted by molar-refractivity contribution is -0.116. The topological polar surface area (TPSA) is 97.3 Å². The molecule has 3 N–H and O–H groups in total. The van der Waals surface area contributed by atoms with Gasteiger partial charge in [0.2, 0.25) is 5.91 Å². The zero-order valence-corrected chi connectivity index (χ0v) is 14.5.